The molecule has 0 aromatic heterocycles. The first-order chi connectivity index (χ1) is 12.2. The summed E-state index contributed by atoms with van der Waals surface area (Å²) in [5, 5.41) is 1.51. The molecule has 2 amide bonds. The van der Waals surface area contributed by atoms with Crippen LogP contribution >= 0.6 is 0 Å². The van der Waals surface area contributed by atoms with Crippen molar-refractivity contribution in [3.05, 3.63) is 12.7 Å². The van der Waals surface area contributed by atoms with Crippen LogP contribution in [0.25, 0.3) is 0 Å². The molecule has 2 aliphatic heterocycles. The number of urea groups is 1. The molecule has 0 aromatic carbocycles. The normalized spacial score (nSPS) is 32.9. The van der Waals surface area contributed by atoms with Crippen LogP contribution in [0.2, 0.25) is 0 Å². The van der Waals surface area contributed by atoms with Gasteiger partial charge in [0.25, 0.3) is 0 Å². The van der Waals surface area contributed by atoms with Crippen molar-refractivity contribution in [2.75, 3.05) is 20.3 Å². The van der Waals surface area contributed by atoms with Crippen LogP contribution in [-0.2, 0) is 14.4 Å². The van der Waals surface area contributed by atoms with Gasteiger partial charge in [-0.1, -0.05) is 44.6 Å². The van der Waals surface area contributed by atoms with E-state index in [1.165, 1.54) is 37.9 Å². The number of nitrogens with zero attached hydrogens (tertiary/aromatic N) is 2. The van der Waals surface area contributed by atoms with Crippen molar-refractivity contribution in [2.45, 2.75) is 63.5 Å². The Morgan fingerprint density at radius 1 is 1.16 bits per heavy atom. The third kappa shape index (κ3) is 3.54. The highest BCUT2D eigenvalue weighted by Gasteiger charge is 2.57. The minimum atomic E-state index is -0.476. The van der Waals surface area contributed by atoms with Gasteiger partial charge in [0, 0.05) is 6.54 Å². The molecule has 0 aromatic rings. The van der Waals surface area contributed by atoms with Crippen molar-refractivity contribution in [3.63, 3.8) is 0 Å². The molecule has 3 unspecified atom stereocenters. The quantitative estimate of drug-likeness (QED) is 0.577. The van der Waals surface area contributed by atoms with E-state index >= 15 is 0 Å². The number of hydrogen-bond acceptors (Lipinski definition) is 4. The third-order valence-corrected chi connectivity index (χ3v) is 6.00. The van der Waals surface area contributed by atoms with E-state index in [2.05, 4.69) is 6.58 Å². The molecule has 4 atom stereocenters. The Hall–Kier alpha value is -1.56. The summed E-state index contributed by atoms with van der Waals surface area (Å²) in [5.74, 6) is 0.157. The zero-order chi connectivity index (χ0) is 17.8. The van der Waals surface area contributed by atoms with E-state index in [1.54, 1.807) is 11.0 Å². The van der Waals surface area contributed by atoms with Gasteiger partial charge in [-0.2, -0.15) is 5.06 Å². The Morgan fingerprint density at radius 2 is 1.80 bits per heavy atom. The first kappa shape index (κ1) is 18.2. The van der Waals surface area contributed by atoms with Crippen molar-refractivity contribution in [1.29, 1.82) is 0 Å². The fourth-order valence-corrected chi connectivity index (χ4v) is 4.87. The molecule has 140 valence electrons. The lowest BCUT2D eigenvalue weighted by atomic mass is 9.72. The SMILES string of the molecule is C=CCON1C(=O)N2CC1C1CCCCCCCCC1[C@H]2C(=O)OC. The standard InChI is InChI=1S/C19H30N2O4/c1-3-12-25-21-16-13-20(19(21)23)17(18(22)24-2)15-11-9-7-5-4-6-8-10-14(15)16/h3,14-17H,1,4-13H2,2H3/t14?,15?,16?,17-/m0/s1. The molecular weight excluding hydrogens is 320 g/mol. The molecule has 25 heavy (non-hydrogen) atoms. The molecule has 3 rings (SSSR count). The van der Waals surface area contributed by atoms with E-state index in [0.717, 1.165) is 25.7 Å². The van der Waals surface area contributed by atoms with Crippen molar-refractivity contribution in [2.24, 2.45) is 11.8 Å². The average Bonchev–Trinajstić information content (AvgIpc) is 2.90. The summed E-state index contributed by atoms with van der Waals surface area (Å²) in [5.41, 5.74) is 0. The smallest absolute Gasteiger partial charge is 0.345 e. The lowest BCUT2D eigenvalue weighted by Crippen LogP contribution is -2.55. The molecule has 2 saturated heterocycles. The van der Waals surface area contributed by atoms with E-state index in [0.29, 0.717) is 13.2 Å². The highest BCUT2D eigenvalue weighted by molar-refractivity contribution is 5.86. The number of fused-ring (bicyclic) bond motifs is 4. The summed E-state index contributed by atoms with van der Waals surface area (Å²) in [7, 11) is 1.41. The largest absolute Gasteiger partial charge is 0.467 e. The van der Waals surface area contributed by atoms with Gasteiger partial charge in [-0.3, -0.25) is 4.84 Å². The molecule has 1 saturated carbocycles. The van der Waals surface area contributed by atoms with E-state index in [1.807, 2.05) is 0 Å². The van der Waals surface area contributed by atoms with Crippen LogP contribution in [-0.4, -0.2) is 54.3 Å². The van der Waals surface area contributed by atoms with Crippen LogP contribution in [0.15, 0.2) is 12.7 Å². The second kappa shape index (κ2) is 8.21. The highest BCUT2D eigenvalue weighted by atomic mass is 16.7. The van der Waals surface area contributed by atoms with Crippen LogP contribution < -0.4 is 0 Å². The van der Waals surface area contributed by atoms with Crippen molar-refractivity contribution in [3.8, 4) is 0 Å². The fraction of sp³-hybridized carbons (Fsp3) is 0.789. The van der Waals surface area contributed by atoms with Gasteiger partial charge >= 0.3 is 12.0 Å². The Morgan fingerprint density at radius 3 is 2.44 bits per heavy atom. The number of hydrogen-bond donors (Lipinski definition) is 0. The maximum Gasteiger partial charge on any atom is 0.345 e. The number of carbonyl (C=O) groups excluding carboxylic acids is 2. The molecule has 6 heteroatoms. The van der Waals surface area contributed by atoms with Gasteiger partial charge in [0.15, 0.2) is 0 Å². The van der Waals surface area contributed by atoms with Gasteiger partial charge in [0.2, 0.25) is 0 Å². The number of hydroxylamine groups is 2. The molecule has 3 fully saturated rings. The molecule has 6 nitrogen and oxygen atoms in total. The van der Waals surface area contributed by atoms with Crippen LogP contribution in [0.4, 0.5) is 4.79 Å². The molecule has 0 spiro atoms. The molecular formula is C19H30N2O4. The number of piperidine rings is 1. The Bertz CT molecular complexity index is 510. The number of amides is 2. The lowest BCUT2D eigenvalue weighted by molar-refractivity contribution is -0.153. The van der Waals surface area contributed by atoms with Crippen molar-refractivity contribution >= 4 is 12.0 Å². The zero-order valence-electron chi connectivity index (χ0n) is 15.2. The number of rotatable bonds is 4. The van der Waals surface area contributed by atoms with Crippen LogP contribution in [0.1, 0.15) is 51.4 Å². The summed E-state index contributed by atoms with van der Waals surface area (Å²) in [4.78, 5) is 32.8. The van der Waals surface area contributed by atoms with Gasteiger partial charge in [0.1, 0.15) is 6.04 Å². The summed E-state index contributed by atoms with van der Waals surface area (Å²) >= 11 is 0. The zero-order valence-corrected chi connectivity index (χ0v) is 15.2. The maximum absolute atomic E-state index is 12.9. The lowest BCUT2D eigenvalue weighted by Gasteiger charge is -2.42. The first-order valence-corrected chi connectivity index (χ1v) is 9.60. The maximum atomic E-state index is 12.9. The van der Waals surface area contributed by atoms with Gasteiger partial charge in [-0.25, -0.2) is 9.59 Å². The minimum absolute atomic E-state index is 0.0257. The second-order valence-corrected chi connectivity index (χ2v) is 7.41. The molecule has 2 heterocycles. The topological polar surface area (TPSA) is 59.1 Å². The van der Waals surface area contributed by atoms with Crippen LogP contribution in [0.5, 0.6) is 0 Å². The molecule has 1 aliphatic carbocycles. The van der Waals surface area contributed by atoms with Crippen molar-refractivity contribution < 1.29 is 19.2 Å². The Labute approximate surface area is 150 Å². The van der Waals surface area contributed by atoms with E-state index < -0.39 is 6.04 Å². The van der Waals surface area contributed by atoms with E-state index in [9.17, 15) is 9.59 Å². The van der Waals surface area contributed by atoms with E-state index in [4.69, 9.17) is 9.57 Å². The van der Waals surface area contributed by atoms with Crippen LogP contribution in [0.3, 0.4) is 0 Å². The molecule has 3 aliphatic rings. The Balaban J connectivity index is 1.90. The van der Waals surface area contributed by atoms with E-state index in [-0.39, 0.29) is 29.9 Å². The Kier molecular flexibility index (Phi) is 5.99. The molecule has 2 bridgehead atoms. The highest BCUT2D eigenvalue weighted by Crippen LogP contribution is 2.43. The minimum Gasteiger partial charge on any atom is -0.467 e. The summed E-state index contributed by atoms with van der Waals surface area (Å²) in [6, 6.07) is -0.655. The average molecular weight is 350 g/mol. The monoisotopic (exact) mass is 350 g/mol. The van der Waals surface area contributed by atoms with Gasteiger partial charge in [0.05, 0.1) is 19.8 Å². The number of methoxy groups -OCH3 is 1. The first-order valence-electron chi connectivity index (χ1n) is 9.60. The predicted octanol–water partition coefficient (Wildman–Crippen LogP) is 3.13. The number of esters is 1. The second-order valence-electron chi connectivity index (χ2n) is 7.41. The van der Waals surface area contributed by atoms with Gasteiger partial charge in [-0.15, -0.1) is 6.58 Å². The van der Waals surface area contributed by atoms with Crippen molar-refractivity contribution in [1.82, 2.24) is 9.96 Å². The number of carbonyl (C=O) groups is 2. The van der Waals surface area contributed by atoms with Gasteiger partial charge in [-0.05, 0) is 24.7 Å². The molecule has 0 radical (unpaired) electrons. The van der Waals surface area contributed by atoms with Crippen LogP contribution in [0, 0.1) is 11.8 Å². The third-order valence-electron chi connectivity index (χ3n) is 6.00. The van der Waals surface area contributed by atoms with Gasteiger partial charge < -0.3 is 9.64 Å². The predicted molar refractivity (Wildman–Crippen MR) is 93.6 cm³/mol. The summed E-state index contributed by atoms with van der Waals surface area (Å²) in [6.07, 6.45) is 10.9. The summed E-state index contributed by atoms with van der Waals surface area (Å²) < 4.78 is 5.07. The molecule has 0 N–H and O–H groups in total. The fourth-order valence-electron chi connectivity index (χ4n) is 4.87. The summed E-state index contributed by atoms with van der Waals surface area (Å²) in [6.45, 7) is 4.52. The number of ether oxygens (including phenoxy) is 1.